The number of anilines is 1. The highest BCUT2D eigenvalue weighted by Crippen LogP contribution is 2.17. The summed E-state index contributed by atoms with van der Waals surface area (Å²) in [5, 5.41) is 20.3. The van der Waals surface area contributed by atoms with E-state index >= 15 is 0 Å². The van der Waals surface area contributed by atoms with Crippen LogP contribution in [0.4, 0.5) is 10.5 Å². The van der Waals surface area contributed by atoms with Gasteiger partial charge in [0, 0.05) is 36.2 Å². The molecule has 0 aliphatic carbocycles. The first-order valence-corrected chi connectivity index (χ1v) is 13.4. The minimum Gasteiger partial charge on any atom is -0.447 e. The predicted octanol–water partition coefficient (Wildman–Crippen LogP) is 3.42. The summed E-state index contributed by atoms with van der Waals surface area (Å²) in [6, 6.07) is 21.9. The first kappa shape index (κ1) is 30.2. The van der Waals surface area contributed by atoms with Crippen LogP contribution in [0.2, 0.25) is 5.02 Å². The molecule has 0 radical (unpaired) electrons. The maximum Gasteiger partial charge on any atom is 0.411 e. The fourth-order valence-electron chi connectivity index (χ4n) is 4.05. The maximum atomic E-state index is 13.7. The topological polar surface area (TPSA) is 149 Å². The predicted molar refractivity (Wildman–Crippen MR) is 155 cm³/mol. The van der Waals surface area contributed by atoms with Gasteiger partial charge >= 0.3 is 6.09 Å². The Labute approximate surface area is 247 Å². The minimum atomic E-state index is -0.924. The average Bonchev–Trinajstić information content (AvgIpc) is 3.53. The highest BCUT2D eigenvalue weighted by molar-refractivity contribution is 6.30. The summed E-state index contributed by atoms with van der Waals surface area (Å²) in [6.45, 7) is 0.391. The molecule has 3 aromatic carbocycles. The van der Waals surface area contributed by atoms with Crippen LogP contribution >= 0.6 is 11.6 Å². The van der Waals surface area contributed by atoms with Crippen LogP contribution in [0.5, 0.6) is 0 Å². The largest absolute Gasteiger partial charge is 0.447 e. The Morgan fingerprint density at radius 2 is 1.67 bits per heavy atom. The van der Waals surface area contributed by atoms with Crippen molar-refractivity contribution in [3.8, 4) is 0 Å². The molecule has 2 atom stereocenters. The molecule has 13 heteroatoms. The van der Waals surface area contributed by atoms with Crippen LogP contribution < -0.4 is 16.0 Å². The van der Waals surface area contributed by atoms with Gasteiger partial charge in [0.15, 0.2) is 0 Å². The lowest BCUT2D eigenvalue weighted by Crippen LogP contribution is -2.50. The van der Waals surface area contributed by atoms with Crippen LogP contribution in [-0.4, -0.2) is 64.5 Å². The van der Waals surface area contributed by atoms with Crippen LogP contribution in [0.15, 0.2) is 85.2 Å². The first-order chi connectivity index (χ1) is 20.4. The number of rotatable bonds is 13. The van der Waals surface area contributed by atoms with Crippen molar-refractivity contribution in [3.63, 3.8) is 0 Å². The number of tetrazole rings is 1. The maximum absolute atomic E-state index is 13.7. The summed E-state index contributed by atoms with van der Waals surface area (Å²) in [7, 11) is 1.51. The van der Waals surface area contributed by atoms with Gasteiger partial charge in [0.05, 0.1) is 6.61 Å². The highest BCUT2D eigenvalue weighted by atomic mass is 35.5. The third kappa shape index (κ3) is 9.11. The van der Waals surface area contributed by atoms with Crippen molar-refractivity contribution in [2.24, 2.45) is 0 Å². The Morgan fingerprint density at radius 3 is 2.36 bits per heavy atom. The van der Waals surface area contributed by atoms with E-state index in [0.717, 1.165) is 11.1 Å². The zero-order chi connectivity index (χ0) is 29.7. The zero-order valence-corrected chi connectivity index (χ0v) is 23.5. The number of halogens is 1. The van der Waals surface area contributed by atoms with Crippen molar-refractivity contribution in [2.45, 2.75) is 25.0 Å². The van der Waals surface area contributed by atoms with Gasteiger partial charge in [0.2, 0.25) is 5.91 Å². The lowest BCUT2D eigenvalue weighted by Gasteiger charge is -2.23. The third-order valence-corrected chi connectivity index (χ3v) is 6.36. The van der Waals surface area contributed by atoms with E-state index in [-0.39, 0.29) is 19.6 Å². The molecule has 12 nitrogen and oxygen atoms in total. The fraction of sp³-hybridized carbons (Fsp3) is 0.241. The number of aromatic nitrogens is 4. The van der Waals surface area contributed by atoms with Crippen molar-refractivity contribution < 1.29 is 23.9 Å². The number of hydrogen-bond donors (Lipinski definition) is 3. The van der Waals surface area contributed by atoms with E-state index in [1.807, 2.05) is 42.5 Å². The van der Waals surface area contributed by atoms with Crippen molar-refractivity contribution in [2.75, 3.05) is 25.6 Å². The molecule has 0 aliphatic heterocycles. The van der Waals surface area contributed by atoms with Crippen LogP contribution in [0.3, 0.4) is 0 Å². The zero-order valence-electron chi connectivity index (χ0n) is 22.8. The van der Waals surface area contributed by atoms with E-state index in [4.69, 9.17) is 21.1 Å². The number of nitrogens with zero attached hydrogens (tertiary/aromatic N) is 4. The molecular weight excluding hydrogens is 562 g/mol. The van der Waals surface area contributed by atoms with E-state index in [2.05, 4.69) is 31.5 Å². The molecule has 0 saturated carbocycles. The van der Waals surface area contributed by atoms with Gasteiger partial charge in [0.25, 0.3) is 5.91 Å². The number of hydrogen-bond acceptors (Lipinski definition) is 8. The smallest absolute Gasteiger partial charge is 0.411 e. The number of carbonyl (C=O) groups excluding carboxylic acids is 3. The molecular formula is C29H30ClN7O5. The fourth-order valence-corrected chi connectivity index (χ4v) is 4.26. The summed E-state index contributed by atoms with van der Waals surface area (Å²) < 4.78 is 11.3. The van der Waals surface area contributed by atoms with Crippen molar-refractivity contribution in [1.82, 2.24) is 30.8 Å². The third-order valence-electron chi connectivity index (χ3n) is 6.13. The van der Waals surface area contributed by atoms with Crippen molar-refractivity contribution in [3.05, 3.63) is 107 Å². The summed E-state index contributed by atoms with van der Waals surface area (Å²) in [6.07, 6.45) is 0.716. The van der Waals surface area contributed by atoms with Crippen LogP contribution in [0.25, 0.3) is 0 Å². The standard InChI is InChI=1S/C29H30ClN7O5/c1-41-14-15-42-29(40)32-24-12-10-22(11-13-24)27(38)33-25(17-20-6-3-2-4-7-20)28(39)34-26(37-19-31-35-36-37)18-21-8-5-9-23(30)16-21/h2-13,16,19,25-26H,14-15,17-18H2,1H3,(H,32,40)(H,33,38)(H,34,39). The summed E-state index contributed by atoms with van der Waals surface area (Å²) >= 11 is 6.16. The van der Waals surface area contributed by atoms with Gasteiger partial charge in [0.1, 0.15) is 25.1 Å². The van der Waals surface area contributed by atoms with Crippen molar-refractivity contribution in [1.29, 1.82) is 0 Å². The van der Waals surface area contributed by atoms with Gasteiger partial charge in [-0.15, -0.1) is 5.10 Å². The van der Waals surface area contributed by atoms with Gasteiger partial charge < -0.3 is 20.1 Å². The summed E-state index contributed by atoms with van der Waals surface area (Å²) in [5.41, 5.74) is 2.47. The van der Waals surface area contributed by atoms with E-state index in [0.29, 0.717) is 22.7 Å². The average molecular weight is 592 g/mol. The highest BCUT2D eigenvalue weighted by Gasteiger charge is 2.26. The Bertz CT molecular complexity index is 1450. The van der Waals surface area contributed by atoms with Gasteiger partial charge in [-0.05, 0) is 58.0 Å². The number of amides is 3. The molecule has 3 amide bonds. The molecule has 218 valence electrons. The van der Waals surface area contributed by atoms with Crippen LogP contribution in [0, 0.1) is 0 Å². The molecule has 0 fully saturated rings. The monoisotopic (exact) mass is 591 g/mol. The number of methoxy groups -OCH3 is 1. The molecule has 0 spiro atoms. The molecule has 4 rings (SSSR count). The van der Waals surface area contributed by atoms with E-state index in [1.54, 1.807) is 36.4 Å². The number of nitrogens with one attached hydrogen (secondary N) is 3. The Kier molecular flexibility index (Phi) is 11.0. The van der Waals surface area contributed by atoms with Gasteiger partial charge in [-0.2, -0.15) is 0 Å². The number of benzene rings is 3. The normalized spacial score (nSPS) is 12.1. The van der Waals surface area contributed by atoms with Gasteiger partial charge in [-0.25, -0.2) is 9.48 Å². The van der Waals surface area contributed by atoms with Crippen LogP contribution in [0.1, 0.15) is 27.7 Å². The van der Waals surface area contributed by atoms with Crippen molar-refractivity contribution >= 4 is 35.2 Å². The molecule has 42 heavy (non-hydrogen) atoms. The Hall–Kier alpha value is -4.81. The van der Waals surface area contributed by atoms with Gasteiger partial charge in [-0.3, -0.25) is 14.9 Å². The second-order valence-corrected chi connectivity index (χ2v) is 9.63. The SMILES string of the molecule is COCCOC(=O)Nc1ccc(C(=O)NC(Cc2ccccc2)C(=O)NC(Cc2cccc(Cl)c2)n2cnnn2)cc1. The molecule has 4 aromatic rings. The van der Waals surface area contributed by atoms with E-state index < -0.39 is 30.1 Å². The molecule has 0 aliphatic rings. The second-order valence-electron chi connectivity index (χ2n) is 9.20. The lowest BCUT2D eigenvalue weighted by atomic mass is 10.0. The number of ether oxygens (including phenoxy) is 2. The Morgan fingerprint density at radius 1 is 0.905 bits per heavy atom. The molecule has 0 saturated heterocycles. The van der Waals surface area contributed by atoms with E-state index in [1.165, 1.54) is 18.1 Å². The van der Waals surface area contributed by atoms with E-state index in [9.17, 15) is 14.4 Å². The summed E-state index contributed by atoms with van der Waals surface area (Å²) in [5.74, 6) is -0.888. The van der Waals surface area contributed by atoms with Crippen LogP contribution in [-0.2, 0) is 27.1 Å². The first-order valence-electron chi connectivity index (χ1n) is 13.1. The Balaban J connectivity index is 1.47. The molecule has 2 unspecified atom stereocenters. The molecule has 3 N–H and O–H groups in total. The minimum absolute atomic E-state index is 0.112. The molecule has 1 heterocycles. The second kappa shape index (κ2) is 15.3. The molecule has 1 aromatic heterocycles. The lowest BCUT2D eigenvalue weighted by molar-refractivity contribution is -0.124. The van der Waals surface area contributed by atoms with Gasteiger partial charge in [-0.1, -0.05) is 54.1 Å². The quantitative estimate of drug-likeness (QED) is 0.200. The molecule has 0 bridgehead atoms. The number of carbonyl (C=O) groups is 3. The summed E-state index contributed by atoms with van der Waals surface area (Å²) in [4.78, 5) is 38.8.